The van der Waals surface area contributed by atoms with Crippen molar-refractivity contribution in [2.75, 3.05) is 0 Å². The molecule has 0 saturated heterocycles. The fourth-order valence-corrected chi connectivity index (χ4v) is 1.96. The summed E-state index contributed by atoms with van der Waals surface area (Å²) in [4.78, 5) is 19.8. The number of aromatic nitrogens is 2. The minimum atomic E-state index is -0.231. The third-order valence-electron chi connectivity index (χ3n) is 2.47. The number of pyridine rings is 2. The minimum absolute atomic E-state index is 0.231. The summed E-state index contributed by atoms with van der Waals surface area (Å²) >= 11 is 3.32. The van der Waals surface area contributed by atoms with Gasteiger partial charge in [-0.2, -0.15) is 0 Å². The van der Waals surface area contributed by atoms with Crippen LogP contribution in [-0.4, -0.2) is 15.9 Å². The Kier molecular flexibility index (Phi) is 5.03. The van der Waals surface area contributed by atoms with Gasteiger partial charge in [0, 0.05) is 40.7 Å². The SMILES string of the molecule is O=C(CCc1ccccn1)OCc1cncc(Br)c1. The summed E-state index contributed by atoms with van der Waals surface area (Å²) in [7, 11) is 0. The van der Waals surface area contributed by atoms with Crippen LogP contribution in [0.4, 0.5) is 0 Å². The Morgan fingerprint density at radius 2 is 2.21 bits per heavy atom. The third kappa shape index (κ3) is 4.79. The van der Waals surface area contributed by atoms with Gasteiger partial charge in [0.25, 0.3) is 0 Å². The van der Waals surface area contributed by atoms with E-state index >= 15 is 0 Å². The van der Waals surface area contributed by atoms with Crippen LogP contribution < -0.4 is 0 Å². The molecular formula is C14H13BrN2O2. The molecule has 0 bridgehead atoms. The predicted octanol–water partition coefficient (Wildman–Crippen LogP) is 2.92. The van der Waals surface area contributed by atoms with Gasteiger partial charge in [-0.3, -0.25) is 14.8 Å². The van der Waals surface area contributed by atoms with Crippen molar-refractivity contribution in [3.8, 4) is 0 Å². The molecule has 0 radical (unpaired) electrons. The van der Waals surface area contributed by atoms with Gasteiger partial charge < -0.3 is 4.74 Å². The first-order valence-corrected chi connectivity index (χ1v) is 6.68. The number of carbonyl (C=O) groups excluding carboxylic acids is 1. The van der Waals surface area contributed by atoms with Crippen LogP contribution in [0.2, 0.25) is 0 Å². The highest BCUT2D eigenvalue weighted by molar-refractivity contribution is 9.10. The number of hydrogen-bond acceptors (Lipinski definition) is 4. The highest BCUT2D eigenvalue weighted by Gasteiger charge is 2.05. The van der Waals surface area contributed by atoms with E-state index in [4.69, 9.17) is 4.74 Å². The van der Waals surface area contributed by atoms with Crippen LogP contribution in [0, 0.1) is 0 Å². The molecule has 0 aliphatic rings. The molecule has 0 aromatic carbocycles. The zero-order valence-corrected chi connectivity index (χ0v) is 11.8. The maximum atomic E-state index is 11.6. The van der Waals surface area contributed by atoms with E-state index in [0.29, 0.717) is 12.8 Å². The highest BCUT2D eigenvalue weighted by Crippen LogP contribution is 2.10. The lowest BCUT2D eigenvalue weighted by Gasteiger charge is -2.05. The lowest BCUT2D eigenvalue weighted by Crippen LogP contribution is -2.06. The average Bonchev–Trinajstić information content (AvgIpc) is 2.44. The molecule has 19 heavy (non-hydrogen) atoms. The molecule has 0 aliphatic carbocycles. The molecule has 98 valence electrons. The van der Waals surface area contributed by atoms with Crippen molar-refractivity contribution < 1.29 is 9.53 Å². The van der Waals surface area contributed by atoms with Crippen LogP contribution in [-0.2, 0) is 22.6 Å². The van der Waals surface area contributed by atoms with E-state index in [2.05, 4.69) is 25.9 Å². The Hall–Kier alpha value is -1.75. The Balaban J connectivity index is 1.76. The van der Waals surface area contributed by atoms with Crippen molar-refractivity contribution in [2.24, 2.45) is 0 Å². The molecule has 0 spiro atoms. The van der Waals surface area contributed by atoms with Crippen molar-refractivity contribution in [1.29, 1.82) is 0 Å². The van der Waals surface area contributed by atoms with Crippen LogP contribution in [0.1, 0.15) is 17.7 Å². The van der Waals surface area contributed by atoms with Gasteiger partial charge in [-0.1, -0.05) is 6.07 Å². The summed E-state index contributed by atoms with van der Waals surface area (Å²) in [5.41, 5.74) is 1.75. The molecule has 2 aromatic heterocycles. The van der Waals surface area contributed by atoms with Crippen molar-refractivity contribution in [3.05, 3.63) is 58.6 Å². The summed E-state index contributed by atoms with van der Waals surface area (Å²) in [6.45, 7) is 0.244. The van der Waals surface area contributed by atoms with Crippen molar-refractivity contribution >= 4 is 21.9 Å². The molecule has 0 fully saturated rings. The molecule has 0 N–H and O–H groups in total. The quantitative estimate of drug-likeness (QED) is 0.795. The van der Waals surface area contributed by atoms with Gasteiger partial charge in [-0.25, -0.2) is 0 Å². The number of carbonyl (C=O) groups is 1. The van der Waals surface area contributed by atoms with Crippen LogP contribution in [0.5, 0.6) is 0 Å². The first-order chi connectivity index (χ1) is 9.24. The maximum Gasteiger partial charge on any atom is 0.306 e. The van der Waals surface area contributed by atoms with Crippen LogP contribution in [0.15, 0.2) is 47.3 Å². The molecule has 0 saturated carbocycles. The van der Waals surface area contributed by atoms with Crippen LogP contribution in [0.3, 0.4) is 0 Å². The molecule has 0 unspecified atom stereocenters. The number of rotatable bonds is 5. The number of aryl methyl sites for hydroxylation is 1. The normalized spacial score (nSPS) is 10.2. The van der Waals surface area contributed by atoms with Crippen LogP contribution in [0.25, 0.3) is 0 Å². The first kappa shape index (κ1) is 13.7. The average molecular weight is 321 g/mol. The topological polar surface area (TPSA) is 52.1 Å². The first-order valence-electron chi connectivity index (χ1n) is 5.89. The van der Waals surface area contributed by atoms with E-state index in [0.717, 1.165) is 15.7 Å². The molecule has 0 aliphatic heterocycles. The molecule has 0 amide bonds. The number of hydrogen-bond donors (Lipinski definition) is 0. The number of halogens is 1. The van der Waals surface area contributed by atoms with Gasteiger partial charge in [0.2, 0.25) is 0 Å². The van der Waals surface area contributed by atoms with E-state index in [1.54, 1.807) is 18.6 Å². The van der Waals surface area contributed by atoms with E-state index in [1.807, 2.05) is 24.3 Å². The fraction of sp³-hybridized carbons (Fsp3) is 0.214. The predicted molar refractivity (Wildman–Crippen MR) is 74.3 cm³/mol. The second kappa shape index (κ2) is 6.99. The van der Waals surface area contributed by atoms with Crippen molar-refractivity contribution in [3.63, 3.8) is 0 Å². The molecular weight excluding hydrogens is 308 g/mol. The van der Waals surface area contributed by atoms with Crippen molar-refractivity contribution in [1.82, 2.24) is 9.97 Å². The second-order valence-electron chi connectivity index (χ2n) is 3.99. The summed E-state index contributed by atoms with van der Waals surface area (Å²) in [6, 6.07) is 7.52. The standard InChI is InChI=1S/C14H13BrN2O2/c15-12-7-11(8-16-9-12)10-19-14(18)5-4-13-3-1-2-6-17-13/h1-3,6-9H,4-5,10H2. The monoisotopic (exact) mass is 320 g/mol. The van der Waals surface area contributed by atoms with Crippen LogP contribution >= 0.6 is 15.9 Å². The lowest BCUT2D eigenvalue weighted by atomic mass is 10.2. The third-order valence-corrected chi connectivity index (χ3v) is 2.91. The summed E-state index contributed by atoms with van der Waals surface area (Å²) in [5, 5.41) is 0. The van der Waals surface area contributed by atoms with Gasteiger partial charge in [0.1, 0.15) is 6.61 Å². The van der Waals surface area contributed by atoms with Gasteiger partial charge >= 0.3 is 5.97 Å². The molecule has 2 heterocycles. The summed E-state index contributed by atoms with van der Waals surface area (Å²) in [5.74, 6) is -0.231. The molecule has 2 aromatic rings. The largest absolute Gasteiger partial charge is 0.461 e. The smallest absolute Gasteiger partial charge is 0.306 e. The highest BCUT2D eigenvalue weighted by atomic mass is 79.9. The Labute approximate surface area is 120 Å². The fourth-order valence-electron chi connectivity index (χ4n) is 1.55. The molecule has 4 nitrogen and oxygen atoms in total. The Morgan fingerprint density at radius 3 is 2.95 bits per heavy atom. The van der Waals surface area contributed by atoms with E-state index in [9.17, 15) is 4.79 Å². The summed E-state index contributed by atoms with van der Waals surface area (Å²) < 4.78 is 6.05. The van der Waals surface area contributed by atoms with Crippen molar-refractivity contribution in [2.45, 2.75) is 19.4 Å². The van der Waals surface area contributed by atoms with Gasteiger partial charge in [0.15, 0.2) is 0 Å². The molecule has 5 heteroatoms. The number of ether oxygens (including phenoxy) is 1. The zero-order chi connectivity index (χ0) is 13.5. The Morgan fingerprint density at radius 1 is 1.32 bits per heavy atom. The summed E-state index contributed by atoms with van der Waals surface area (Å²) in [6.07, 6.45) is 6.01. The van der Waals surface area contributed by atoms with E-state index < -0.39 is 0 Å². The molecule has 2 rings (SSSR count). The van der Waals surface area contributed by atoms with Gasteiger partial charge in [-0.05, 0) is 34.1 Å². The maximum absolute atomic E-state index is 11.6. The van der Waals surface area contributed by atoms with E-state index in [1.165, 1.54) is 0 Å². The zero-order valence-electron chi connectivity index (χ0n) is 10.3. The Bertz CT molecular complexity index is 546. The van der Waals surface area contributed by atoms with E-state index in [-0.39, 0.29) is 12.6 Å². The molecule has 0 atom stereocenters. The number of esters is 1. The van der Waals surface area contributed by atoms with Gasteiger partial charge in [-0.15, -0.1) is 0 Å². The minimum Gasteiger partial charge on any atom is -0.461 e. The van der Waals surface area contributed by atoms with Gasteiger partial charge in [0.05, 0.1) is 6.42 Å². The lowest BCUT2D eigenvalue weighted by molar-refractivity contribution is -0.144. The second-order valence-corrected chi connectivity index (χ2v) is 4.91. The number of nitrogens with zero attached hydrogens (tertiary/aromatic N) is 2.